The van der Waals surface area contributed by atoms with E-state index in [9.17, 15) is 19.7 Å². The van der Waals surface area contributed by atoms with Gasteiger partial charge in [-0.25, -0.2) is 4.79 Å². The zero-order valence-electron chi connectivity index (χ0n) is 16.8. The number of anilines is 1. The normalized spacial score (nSPS) is 13.6. The molecule has 0 unspecified atom stereocenters. The zero-order chi connectivity index (χ0) is 21.5. The number of piperazine rings is 1. The first-order valence-corrected chi connectivity index (χ1v) is 9.77. The van der Waals surface area contributed by atoms with Gasteiger partial charge in [-0.1, -0.05) is 42.0 Å². The van der Waals surface area contributed by atoms with Gasteiger partial charge in [0.15, 0.2) is 0 Å². The lowest BCUT2D eigenvalue weighted by Crippen LogP contribution is -2.52. The number of hydrogen-bond acceptors (Lipinski definition) is 5. The summed E-state index contributed by atoms with van der Waals surface area (Å²) >= 11 is 0. The Balaban J connectivity index is 1.42. The van der Waals surface area contributed by atoms with E-state index < -0.39 is 11.0 Å². The second-order valence-corrected chi connectivity index (χ2v) is 7.14. The molecule has 0 radical (unpaired) electrons. The van der Waals surface area contributed by atoms with E-state index in [4.69, 9.17) is 0 Å². The maximum absolute atomic E-state index is 12.4. The largest absolute Gasteiger partial charge is 0.362 e. The van der Waals surface area contributed by atoms with Gasteiger partial charge in [0.1, 0.15) is 5.69 Å². The van der Waals surface area contributed by atoms with Crippen LogP contribution in [0, 0.1) is 17.0 Å². The second kappa shape index (κ2) is 9.73. The van der Waals surface area contributed by atoms with E-state index in [0.717, 1.165) is 11.1 Å². The van der Waals surface area contributed by atoms with Crippen molar-refractivity contribution in [3.63, 3.8) is 0 Å². The first-order valence-electron chi connectivity index (χ1n) is 9.77. The summed E-state index contributed by atoms with van der Waals surface area (Å²) < 4.78 is 0. The van der Waals surface area contributed by atoms with Crippen LogP contribution in [0.1, 0.15) is 11.1 Å². The van der Waals surface area contributed by atoms with Crippen molar-refractivity contribution in [2.45, 2.75) is 13.5 Å². The van der Waals surface area contributed by atoms with Gasteiger partial charge in [0.25, 0.3) is 5.69 Å². The predicted octanol–water partition coefficient (Wildman–Crippen LogP) is 2.05. The van der Waals surface area contributed by atoms with Gasteiger partial charge in [-0.15, -0.1) is 0 Å². The van der Waals surface area contributed by atoms with Crippen molar-refractivity contribution in [2.75, 3.05) is 37.6 Å². The molecule has 3 rings (SSSR count). The van der Waals surface area contributed by atoms with E-state index in [1.54, 1.807) is 23.1 Å². The fourth-order valence-electron chi connectivity index (χ4n) is 3.30. The van der Waals surface area contributed by atoms with Gasteiger partial charge >= 0.3 is 6.03 Å². The molecule has 1 aliphatic rings. The molecule has 9 heteroatoms. The quantitative estimate of drug-likeness (QED) is 0.559. The molecular formula is C21H25N5O4. The lowest BCUT2D eigenvalue weighted by atomic mass is 10.1. The number of nitro groups is 1. The van der Waals surface area contributed by atoms with E-state index in [1.807, 2.05) is 36.1 Å². The van der Waals surface area contributed by atoms with Crippen LogP contribution in [0.25, 0.3) is 0 Å². The minimum absolute atomic E-state index is 0.0594. The molecule has 0 aromatic heterocycles. The van der Waals surface area contributed by atoms with Crippen LogP contribution in [0.3, 0.4) is 0 Å². The molecule has 0 aliphatic carbocycles. The van der Waals surface area contributed by atoms with Gasteiger partial charge < -0.3 is 20.4 Å². The molecule has 0 bridgehead atoms. The van der Waals surface area contributed by atoms with Crippen LogP contribution in [0.5, 0.6) is 0 Å². The van der Waals surface area contributed by atoms with Crippen LogP contribution < -0.4 is 15.5 Å². The standard InChI is InChI=1S/C21H25N5O4/c1-16-6-8-17(9-7-16)14-22-21(28)23-15-20(27)25-12-10-24(11-13-25)18-4-2-3-5-19(18)26(29)30/h2-9H,10-15H2,1H3,(H2,22,23,28). The first-order chi connectivity index (χ1) is 14.4. The van der Waals surface area contributed by atoms with Crippen molar-refractivity contribution in [2.24, 2.45) is 0 Å². The lowest BCUT2D eigenvalue weighted by Gasteiger charge is -2.35. The summed E-state index contributed by atoms with van der Waals surface area (Å²) in [4.78, 5) is 38.7. The predicted molar refractivity (Wildman–Crippen MR) is 113 cm³/mol. The number of aryl methyl sites for hydroxylation is 1. The Hall–Kier alpha value is -3.62. The van der Waals surface area contributed by atoms with Crippen LogP contribution >= 0.6 is 0 Å². The Morgan fingerprint density at radius 1 is 1.00 bits per heavy atom. The summed E-state index contributed by atoms with van der Waals surface area (Å²) in [5, 5.41) is 16.5. The number of rotatable bonds is 6. The highest BCUT2D eigenvalue weighted by atomic mass is 16.6. The molecule has 1 fully saturated rings. The van der Waals surface area contributed by atoms with E-state index >= 15 is 0 Å². The van der Waals surface area contributed by atoms with Gasteiger partial charge in [0.05, 0.1) is 11.5 Å². The molecule has 0 spiro atoms. The first kappa shape index (κ1) is 21.1. The number of nitro benzene ring substituents is 1. The number of carbonyl (C=O) groups excluding carboxylic acids is 2. The van der Waals surface area contributed by atoms with Gasteiger partial charge in [0, 0.05) is 38.8 Å². The summed E-state index contributed by atoms with van der Waals surface area (Å²) in [7, 11) is 0. The number of para-hydroxylation sites is 2. The fraction of sp³-hybridized carbons (Fsp3) is 0.333. The second-order valence-electron chi connectivity index (χ2n) is 7.14. The van der Waals surface area contributed by atoms with Gasteiger partial charge in [-0.2, -0.15) is 0 Å². The van der Waals surface area contributed by atoms with Crippen LogP contribution in [0.15, 0.2) is 48.5 Å². The van der Waals surface area contributed by atoms with Crippen LogP contribution in [0.2, 0.25) is 0 Å². The monoisotopic (exact) mass is 411 g/mol. The molecule has 1 saturated heterocycles. The van der Waals surface area contributed by atoms with Crippen LogP contribution in [0.4, 0.5) is 16.2 Å². The Morgan fingerprint density at radius 3 is 2.33 bits per heavy atom. The van der Waals surface area contributed by atoms with E-state index in [-0.39, 0.29) is 18.1 Å². The zero-order valence-corrected chi connectivity index (χ0v) is 16.8. The van der Waals surface area contributed by atoms with Crippen LogP contribution in [-0.4, -0.2) is 54.5 Å². The van der Waals surface area contributed by atoms with Crippen molar-refractivity contribution in [3.8, 4) is 0 Å². The van der Waals surface area contributed by atoms with E-state index in [0.29, 0.717) is 38.4 Å². The smallest absolute Gasteiger partial charge is 0.315 e. The van der Waals surface area contributed by atoms with Crippen molar-refractivity contribution in [1.29, 1.82) is 0 Å². The number of hydrogen-bond donors (Lipinski definition) is 2. The average molecular weight is 411 g/mol. The van der Waals surface area contributed by atoms with E-state index in [1.165, 1.54) is 6.07 Å². The topological polar surface area (TPSA) is 108 Å². The number of urea groups is 1. The third-order valence-electron chi connectivity index (χ3n) is 5.03. The molecule has 9 nitrogen and oxygen atoms in total. The Labute approximate surface area is 174 Å². The Bertz CT molecular complexity index is 908. The summed E-state index contributed by atoms with van der Waals surface area (Å²) in [6.45, 7) is 4.16. The average Bonchev–Trinajstić information content (AvgIpc) is 2.77. The van der Waals surface area contributed by atoms with Crippen molar-refractivity contribution < 1.29 is 14.5 Å². The number of benzene rings is 2. The summed E-state index contributed by atoms with van der Waals surface area (Å²) in [5.74, 6) is -0.178. The summed E-state index contributed by atoms with van der Waals surface area (Å²) in [6, 6.07) is 14.0. The number of amides is 3. The molecule has 158 valence electrons. The summed E-state index contributed by atoms with van der Waals surface area (Å²) in [6.07, 6.45) is 0. The molecule has 30 heavy (non-hydrogen) atoms. The molecular weight excluding hydrogens is 386 g/mol. The molecule has 1 aliphatic heterocycles. The molecule has 2 aromatic carbocycles. The maximum Gasteiger partial charge on any atom is 0.315 e. The minimum Gasteiger partial charge on any atom is -0.362 e. The lowest BCUT2D eigenvalue weighted by molar-refractivity contribution is -0.384. The van der Waals surface area contributed by atoms with Gasteiger partial charge in [-0.3, -0.25) is 14.9 Å². The molecule has 3 amide bonds. The van der Waals surface area contributed by atoms with E-state index in [2.05, 4.69) is 10.6 Å². The third-order valence-corrected chi connectivity index (χ3v) is 5.03. The maximum atomic E-state index is 12.4. The third kappa shape index (κ3) is 5.47. The molecule has 2 aromatic rings. The van der Waals surface area contributed by atoms with Gasteiger partial charge in [-0.05, 0) is 18.6 Å². The van der Waals surface area contributed by atoms with Crippen LogP contribution in [-0.2, 0) is 11.3 Å². The van der Waals surface area contributed by atoms with Gasteiger partial charge in [0.2, 0.25) is 5.91 Å². The highest BCUT2D eigenvalue weighted by Gasteiger charge is 2.25. The molecule has 1 heterocycles. The number of nitrogens with zero attached hydrogens (tertiary/aromatic N) is 3. The fourth-order valence-corrected chi connectivity index (χ4v) is 3.30. The Kier molecular flexibility index (Phi) is 6.84. The van der Waals surface area contributed by atoms with Crippen molar-refractivity contribution in [3.05, 3.63) is 69.8 Å². The number of nitrogens with one attached hydrogen (secondary N) is 2. The van der Waals surface area contributed by atoms with Crippen molar-refractivity contribution in [1.82, 2.24) is 15.5 Å². The summed E-state index contributed by atoms with van der Waals surface area (Å²) in [5.41, 5.74) is 2.75. The highest BCUT2D eigenvalue weighted by molar-refractivity contribution is 5.84. The molecule has 2 N–H and O–H groups in total. The number of carbonyl (C=O) groups is 2. The minimum atomic E-state index is -0.400. The molecule has 0 saturated carbocycles. The SMILES string of the molecule is Cc1ccc(CNC(=O)NCC(=O)N2CCN(c3ccccc3[N+](=O)[O-])CC2)cc1. The Morgan fingerprint density at radius 2 is 1.67 bits per heavy atom. The van der Waals surface area contributed by atoms with Crippen molar-refractivity contribution >= 4 is 23.3 Å². The highest BCUT2D eigenvalue weighted by Crippen LogP contribution is 2.28. The molecule has 0 atom stereocenters.